The van der Waals surface area contributed by atoms with Gasteiger partial charge in [0.15, 0.2) is 5.76 Å². The number of hydrogen-bond acceptors (Lipinski definition) is 5. The molecule has 1 aromatic rings. The van der Waals surface area contributed by atoms with E-state index in [2.05, 4.69) is 51.7 Å². The highest BCUT2D eigenvalue weighted by Crippen LogP contribution is 2.37. The van der Waals surface area contributed by atoms with Crippen LogP contribution in [0.25, 0.3) is 0 Å². The number of benzene rings is 1. The maximum atomic E-state index is 13.5. The first-order chi connectivity index (χ1) is 18.0. The molecule has 38 heavy (non-hydrogen) atoms. The molecule has 1 saturated heterocycles. The van der Waals surface area contributed by atoms with Crippen LogP contribution in [-0.2, 0) is 22.6 Å². The van der Waals surface area contributed by atoms with E-state index in [4.69, 9.17) is 4.74 Å². The van der Waals surface area contributed by atoms with Crippen molar-refractivity contribution in [2.45, 2.75) is 79.4 Å². The summed E-state index contributed by atoms with van der Waals surface area (Å²) in [5, 5.41) is 10.5. The number of rotatable bonds is 8. The molecule has 1 unspecified atom stereocenters. The van der Waals surface area contributed by atoms with Crippen LogP contribution < -0.4 is 0 Å². The van der Waals surface area contributed by atoms with Crippen LogP contribution in [0.3, 0.4) is 0 Å². The zero-order chi connectivity index (χ0) is 27.6. The SMILES string of the molecule is CC(=O)N1CCN(C(=O)c2cccc3c2CN(C(C)(C)CCC2=CC(OCC(C)C)=C(O)C(C)C2)C3)CC1. The van der Waals surface area contributed by atoms with Gasteiger partial charge in [0, 0.05) is 63.2 Å². The molecule has 1 N–H and O–H groups in total. The Hall–Kier alpha value is -2.80. The summed E-state index contributed by atoms with van der Waals surface area (Å²) in [7, 11) is 0. The van der Waals surface area contributed by atoms with Crippen molar-refractivity contribution in [1.82, 2.24) is 14.7 Å². The molecule has 0 radical (unpaired) electrons. The molecular formula is C31H45N3O4. The third-order valence-corrected chi connectivity index (χ3v) is 8.33. The van der Waals surface area contributed by atoms with Crippen molar-refractivity contribution in [3.05, 3.63) is 58.1 Å². The molecule has 1 aliphatic carbocycles. The molecule has 4 rings (SSSR count). The summed E-state index contributed by atoms with van der Waals surface area (Å²) >= 11 is 0. The quantitative estimate of drug-likeness (QED) is 0.502. The normalized spacial score (nSPS) is 20.6. The second kappa shape index (κ2) is 11.5. The number of hydrogen-bond donors (Lipinski definition) is 1. The molecule has 1 fully saturated rings. The van der Waals surface area contributed by atoms with E-state index in [1.54, 1.807) is 6.92 Å². The Morgan fingerprint density at radius 2 is 1.79 bits per heavy atom. The van der Waals surface area contributed by atoms with Crippen molar-refractivity contribution < 1.29 is 19.4 Å². The summed E-state index contributed by atoms with van der Waals surface area (Å²) in [5.41, 5.74) is 4.43. The van der Waals surface area contributed by atoms with Gasteiger partial charge in [0.2, 0.25) is 5.91 Å². The van der Waals surface area contributed by atoms with Crippen LogP contribution in [0.1, 0.15) is 82.3 Å². The van der Waals surface area contributed by atoms with Gasteiger partial charge < -0.3 is 19.6 Å². The first-order valence-electron chi connectivity index (χ1n) is 14.1. The van der Waals surface area contributed by atoms with E-state index in [0.717, 1.165) is 43.5 Å². The van der Waals surface area contributed by atoms with Gasteiger partial charge in [-0.1, -0.05) is 38.5 Å². The Morgan fingerprint density at radius 1 is 1.11 bits per heavy atom. The maximum Gasteiger partial charge on any atom is 0.254 e. The molecule has 7 heteroatoms. The number of carbonyl (C=O) groups is 2. The number of ether oxygens (including phenoxy) is 1. The van der Waals surface area contributed by atoms with E-state index in [9.17, 15) is 14.7 Å². The number of carbonyl (C=O) groups excluding carboxylic acids is 2. The zero-order valence-corrected chi connectivity index (χ0v) is 24.0. The minimum Gasteiger partial charge on any atom is -0.508 e. The molecule has 1 aromatic carbocycles. The van der Waals surface area contributed by atoms with Crippen LogP contribution in [0, 0.1) is 11.8 Å². The minimum atomic E-state index is -0.0569. The number of aliphatic hydroxyl groups excluding tert-OH is 1. The van der Waals surface area contributed by atoms with E-state index in [0.29, 0.717) is 50.2 Å². The van der Waals surface area contributed by atoms with Gasteiger partial charge in [-0.05, 0) is 62.3 Å². The van der Waals surface area contributed by atoms with E-state index < -0.39 is 0 Å². The third kappa shape index (κ3) is 6.25. The van der Waals surface area contributed by atoms with Crippen LogP contribution >= 0.6 is 0 Å². The van der Waals surface area contributed by atoms with Crippen molar-refractivity contribution in [2.24, 2.45) is 11.8 Å². The van der Waals surface area contributed by atoms with Gasteiger partial charge in [-0.3, -0.25) is 14.5 Å². The van der Waals surface area contributed by atoms with Gasteiger partial charge in [0.1, 0.15) is 5.76 Å². The average molecular weight is 524 g/mol. The largest absolute Gasteiger partial charge is 0.508 e. The number of nitrogens with zero attached hydrogens (tertiary/aromatic N) is 3. The Bertz CT molecular complexity index is 1110. The lowest BCUT2D eigenvalue weighted by atomic mass is 9.86. The van der Waals surface area contributed by atoms with E-state index in [1.807, 2.05) is 21.9 Å². The highest BCUT2D eigenvalue weighted by atomic mass is 16.5. The Kier molecular flexibility index (Phi) is 8.55. The standard InChI is InChI=1S/C31H45N3O4/c1-21(2)20-38-28-17-24(16-22(3)29(28)36)10-11-31(5,6)34-18-25-8-7-9-26(27(25)19-34)30(37)33-14-12-32(13-15-33)23(4)35/h7-9,17,21-22,36H,10-16,18-20H2,1-6H3. The lowest BCUT2D eigenvalue weighted by Crippen LogP contribution is -2.50. The van der Waals surface area contributed by atoms with Gasteiger partial charge in [0.25, 0.3) is 5.91 Å². The molecule has 1 atom stereocenters. The first kappa shape index (κ1) is 28.2. The van der Waals surface area contributed by atoms with Crippen molar-refractivity contribution in [3.63, 3.8) is 0 Å². The van der Waals surface area contributed by atoms with Gasteiger partial charge >= 0.3 is 0 Å². The summed E-state index contributed by atoms with van der Waals surface area (Å²) in [6, 6.07) is 6.11. The average Bonchev–Trinajstić information content (AvgIpc) is 3.34. The molecule has 2 aliphatic heterocycles. The lowest BCUT2D eigenvalue weighted by Gasteiger charge is -2.36. The van der Waals surface area contributed by atoms with E-state index >= 15 is 0 Å². The summed E-state index contributed by atoms with van der Waals surface area (Å²) in [6.45, 7) is 17.0. The second-order valence-corrected chi connectivity index (χ2v) is 12.3. The zero-order valence-electron chi connectivity index (χ0n) is 24.0. The van der Waals surface area contributed by atoms with Gasteiger partial charge in [-0.2, -0.15) is 0 Å². The van der Waals surface area contributed by atoms with Gasteiger partial charge in [-0.25, -0.2) is 0 Å². The molecule has 3 aliphatic rings. The second-order valence-electron chi connectivity index (χ2n) is 12.3. The molecule has 208 valence electrons. The number of aliphatic hydroxyl groups is 1. The van der Waals surface area contributed by atoms with Crippen molar-refractivity contribution in [2.75, 3.05) is 32.8 Å². The molecule has 0 bridgehead atoms. The predicted molar refractivity (Wildman–Crippen MR) is 149 cm³/mol. The Balaban J connectivity index is 1.40. The summed E-state index contributed by atoms with van der Waals surface area (Å²) in [6.07, 6.45) is 4.83. The number of fused-ring (bicyclic) bond motifs is 1. The molecular weight excluding hydrogens is 478 g/mol. The van der Waals surface area contributed by atoms with Crippen molar-refractivity contribution in [1.29, 1.82) is 0 Å². The van der Waals surface area contributed by atoms with Crippen LogP contribution in [-0.4, -0.2) is 69.9 Å². The summed E-state index contributed by atoms with van der Waals surface area (Å²) in [5.74, 6) is 1.62. The highest BCUT2D eigenvalue weighted by molar-refractivity contribution is 5.96. The smallest absolute Gasteiger partial charge is 0.254 e. The fourth-order valence-electron chi connectivity index (χ4n) is 5.67. The molecule has 0 saturated carbocycles. The monoisotopic (exact) mass is 523 g/mol. The Morgan fingerprint density at radius 3 is 2.45 bits per heavy atom. The van der Waals surface area contributed by atoms with E-state index in [-0.39, 0.29) is 23.3 Å². The first-order valence-corrected chi connectivity index (χ1v) is 14.1. The van der Waals surface area contributed by atoms with Crippen LogP contribution in [0.5, 0.6) is 0 Å². The molecule has 0 aromatic heterocycles. The van der Waals surface area contributed by atoms with Crippen LogP contribution in [0.4, 0.5) is 0 Å². The number of allylic oxidation sites excluding steroid dienone is 3. The van der Waals surface area contributed by atoms with Gasteiger partial charge in [0.05, 0.1) is 6.61 Å². The van der Waals surface area contributed by atoms with Crippen LogP contribution in [0.2, 0.25) is 0 Å². The number of amides is 2. The third-order valence-electron chi connectivity index (χ3n) is 8.33. The molecule has 7 nitrogen and oxygen atoms in total. The topological polar surface area (TPSA) is 73.3 Å². The van der Waals surface area contributed by atoms with Crippen molar-refractivity contribution in [3.8, 4) is 0 Å². The fourth-order valence-corrected chi connectivity index (χ4v) is 5.67. The highest BCUT2D eigenvalue weighted by Gasteiger charge is 2.35. The van der Waals surface area contributed by atoms with Gasteiger partial charge in [-0.15, -0.1) is 0 Å². The lowest BCUT2D eigenvalue weighted by molar-refractivity contribution is -0.130. The fraction of sp³-hybridized carbons (Fsp3) is 0.613. The molecule has 2 heterocycles. The molecule has 0 spiro atoms. The molecule has 2 amide bonds. The van der Waals surface area contributed by atoms with Crippen LogP contribution in [0.15, 0.2) is 41.4 Å². The minimum absolute atomic E-state index is 0.0569. The van der Waals surface area contributed by atoms with E-state index in [1.165, 1.54) is 11.1 Å². The Labute approximate surface area is 228 Å². The van der Waals surface area contributed by atoms with Crippen molar-refractivity contribution >= 4 is 11.8 Å². The summed E-state index contributed by atoms with van der Waals surface area (Å²) in [4.78, 5) is 31.3. The summed E-state index contributed by atoms with van der Waals surface area (Å²) < 4.78 is 5.92. The predicted octanol–water partition coefficient (Wildman–Crippen LogP) is 5.27. The maximum absolute atomic E-state index is 13.5. The number of piperazine rings is 1.